The average molecular weight is 206 g/mol. The van der Waals surface area contributed by atoms with Gasteiger partial charge in [0.25, 0.3) is 0 Å². The second-order valence-corrected chi connectivity index (χ2v) is 3.59. The third kappa shape index (κ3) is 4.28. The summed E-state index contributed by atoms with van der Waals surface area (Å²) in [5.41, 5.74) is 1.12. The molecule has 0 aliphatic rings. The van der Waals surface area contributed by atoms with E-state index in [1.54, 1.807) is 6.08 Å². The van der Waals surface area contributed by atoms with Crippen LogP contribution in [0.1, 0.15) is 18.9 Å². The molecule has 0 radical (unpaired) electrons. The molecule has 0 fully saturated rings. The number of aliphatic hydroxyl groups excluding tert-OH is 1. The normalized spacial score (nSPS) is 14.5. The van der Waals surface area contributed by atoms with Crippen molar-refractivity contribution in [3.8, 4) is 0 Å². The third-order valence-electron chi connectivity index (χ3n) is 2.31. The minimum atomic E-state index is -0.466. The van der Waals surface area contributed by atoms with Crippen molar-refractivity contribution in [2.45, 2.75) is 32.2 Å². The Labute approximate surface area is 91.2 Å². The van der Waals surface area contributed by atoms with Gasteiger partial charge in [-0.15, -0.1) is 6.58 Å². The van der Waals surface area contributed by atoms with Gasteiger partial charge in [-0.1, -0.05) is 36.4 Å². The van der Waals surface area contributed by atoms with Crippen LogP contribution >= 0.6 is 0 Å². The van der Waals surface area contributed by atoms with Gasteiger partial charge in [-0.2, -0.15) is 0 Å². The first kappa shape index (κ1) is 12.0. The van der Waals surface area contributed by atoms with Gasteiger partial charge in [0.2, 0.25) is 0 Å². The molecule has 0 unspecified atom stereocenters. The van der Waals surface area contributed by atoms with Crippen molar-refractivity contribution in [2.75, 3.05) is 0 Å². The van der Waals surface area contributed by atoms with E-state index in [2.05, 4.69) is 6.58 Å². The zero-order valence-electron chi connectivity index (χ0n) is 9.10. The van der Waals surface area contributed by atoms with Crippen LogP contribution in [0.15, 0.2) is 43.0 Å². The Hall–Kier alpha value is -1.12. The van der Waals surface area contributed by atoms with E-state index in [-0.39, 0.29) is 6.10 Å². The van der Waals surface area contributed by atoms with Crippen LogP contribution in [-0.2, 0) is 11.3 Å². The standard InChI is InChI=1S/C13H18O2/c1-3-7-13(14)11(2)15-10-12-8-5-4-6-9-12/h3-6,8-9,11,13-14H,1,7,10H2,2H3/t11-,13+/m1/s1. The van der Waals surface area contributed by atoms with Crippen molar-refractivity contribution >= 4 is 0 Å². The molecule has 2 heteroatoms. The molecule has 0 bridgehead atoms. The molecular formula is C13H18O2. The lowest BCUT2D eigenvalue weighted by Gasteiger charge is -2.18. The van der Waals surface area contributed by atoms with Crippen LogP contribution in [0, 0.1) is 0 Å². The van der Waals surface area contributed by atoms with E-state index >= 15 is 0 Å². The van der Waals surface area contributed by atoms with E-state index in [9.17, 15) is 5.11 Å². The topological polar surface area (TPSA) is 29.5 Å². The van der Waals surface area contributed by atoms with Crippen LogP contribution in [0.25, 0.3) is 0 Å². The molecule has 15 heavy (non-hydrogen) atoms. The van der Waals surface area contributed by atoms with Crippen molar-refractivity contribution in [2.24, 2.45) is 0 Å². The molecule has 0 aromatic heterocycles. The van der Waals surface area contributed by atoms with Gasteiger partial charge in [0.1, 0.15) is 0 Å². The Bertz CT molecular complexity index is 282. The summed E-state index contributed by atoms with van der Waals surface area (Å²) >= 11 is 0. The summed E-state index contributed by atoms with van der Waals surface area (Å²) in [5.74, 6) is 0. The predicted octanol–water partition coefficient (Wildman–Crippen LogP) is 2.53. The fourth-order valence-corrected chi connectivity index (χ4v) is 1.28. The van der Waals surface area contributed by atoms with Gasteiger partial charge in [0.05, 0.1) is 18.8 Å². The molecular weight excluding hydrogens is 188 g/mol. The van der Waals surface area contributed by atoms with E-state index in [0.717, 1.165) is 5.56 Å². The Morgan fingerprint density at radius 1 is 1.40 bits per heavy atom. The second kappa shape index (κ2) is 6.38. The van der Waals surface area contributed by atoms with Crippen molar-refractivity contribution in [3.63, 3.8) is 0 Å². The van der Waals surface area contributed by atoms with E-state index in [4.69, 9.17) is 4.74 Å². The molecule has 82 valence electrons. The van der Waals surface area contributed by atoms with Crippen LogP contribution in [0.3, 0.4) is 0 Å². The Kier molecular flexibility index (Phi) is 5.08. The van der Waals surface area contributed by atoms with Crippen LogP contribution in [0.5, 0.6) is 0 Å². The van der Waals surface area contributed by atoms with Gasteiger partial charge in [-0.05, 0) is 18.9 Å². The lowest BCUT2D eigenvalue weighted by molar-refractivity contribution is -0.0333. The summed E-state index contributed by atoms with van der Waals surface area (Å²) in [7, 11) is 0. The molecule has 2 atom stereocenters. The van der Waals surface area contributed by atoms with Crippen LogP contribution < -0.4 is 0 Å². The molecule has 0 amide bonds. The lowest BCUT2D eigenvalue weighted by Crippen LogP contribution is -2.25. The van der Waals surface area contributed by atoms with Gasteiger partial charge in [0, 0.05) is 0 Å². The quantitative estimate of drug-likeness (QED) is 0.725. The van der Waals surface area contributed by atoms with E-state index in [1.165, 1.54) is 0 Å². The molecule has 0 spiro atoms. The van der Waals surface area contributed by atoms with E-state index in [1.807, 2.05) is 37.3 Å². The molecule has 0 heterocycles. The highest BCUT2D eigenvalue weighted by molar-refractivity contribution is 5.13. The predicted molar refractivity (Wildman–Crippen MR) is 61.5 cm³/mol. The molecule has 1 aromatic rings. The number of aliphatic hydroxyl groups is 1. The van der Waals surface area contributed by atoms with E-state index in [0.29, 0.717) is 13.0 Å². The first-order valence-electron chi connectivity index (χ1n) is 5.18. The number of hydrogen-bond acceptors (Lipinski definition) is 2. The number of ether oxygens (including phenoxy) is 1. The maximum absolute atomic E-state index is 9.60. The minimum absolute atomic E-state index is 0.164. The smallest absolute Gasteiger partial charge is 0.0833 e. The molecule has 0 saturated carbocycles. The summed E-state index contributed by atoms with van der Waals surface area (Å²) in [5, 5.41) is 9.60. The zero-order chi connectivity index (χ0) is 11.1. The highest BCUT2D eigenvalue weighted by Gasteiger charge is 2.12. The first-order chi connectivity index (χ1) is 7.24. The number of benzene rings is 1. The Morgan fingerprint density at radius 2 is 2.07 bits per heavy atom. The van der Waals surface area contributed by atoms with Crippen LogP contribution in [0.4, 0.5) is 0 Å². The zero-order valence-corrected chi connectivity index (χ0v) is 9.10. The van der Waals surface area contributed by atoms with Crippen LogP contribution in [-0.4, -0.2) is 17.3 Å². The Morgan fingerprint density at radius 3 is 2.67 bits per heavy atom. The van der Waals surface area contributed by atoms with Crippen molar-refractivity contribution in [3.05, 3.63) is 48.6 Å². The highest BCUT2D eigenvalue weighted by atomic mass is 16.5. The van der Waals surface area contributed by atoms with Crippen molar-refractivity contribution in [1.82, 2.24) is 0 Å². The monoisotopic (exact) mass is 206 g/mol. The van der Waals surface area contributed by atoms with Crippen LogP contribution in [0.2, 0.25) is 0 Å². The van der Waals surface area contributed by atoms with Crippen molar-refractivity contribution in [1.29, 1.82) is 0 Å². The van der Waals surface area contributed by atoms with Gasteiger partial charge in [-0.25, -0.2) is 0 Å². The molecule has 1 rings (SSSR count). The Balaban J connectivity index is 2.34. The largest absolute Gasteiger partial charge is 0.390 e. The SMILES string of the molecule is C=CC[C@H](O)[C@@H](C)OCc1ccccc1. The minimum Gasteiger partial charge on any atom is -0.390 e. The molecule has 1 N–H and O–H groups in total. The molecule has 2 nitrogen and oxygen atoms in total. The number of rotatable bonds is 6. The molecule has 0 aliphatic carbocycles. The first-order valence-corrected chi connectivity index (χ1v) is 5.18. The van der Waals surface area contributed by atoms with Gasteiger partial charge < -0.3 is 9.84 Å². The maximum atomic E-state index is 9.60. The third-order valence-corrected chi connectivity index (χ3v) is 2.31. The second-order valence-electron chi connectivity index (χ2n) is 3.59. The number of hydrogen-bond donors (Lipinski definition) is 1. The fraction of sp³-hybridized carbons (Fsp3) is 0.385. The lowest BCUT2D eigenvalue weighted by atomic mass is 10.1. The highest BCUT2D eigenvalue weighted by Crippen LogP contribution is 2.08. The summed E-state index contributed by atoms with van der Waals surface area (Å²) in [6, 6.07) is 9.94. The summed E-state index contributed by atoms with van der Waals surface area (Å²) in [6.45, 7) is 6.00. The van der Waals surface area contributed by atoms with Crippen molar-refractivity contribution < 1.29 is 9.84 Å². The summed E-state index contributed by atoms with van der Waals surface area (Å²) in [6.07, 6.45) is 1.64. The fourth-order valence-electron chi connectivity index (χ4n) is 1.28. The summed E-state index contributed by atoms with van der Waals surface area (Å²) < 4.78 is 5.54. The molecule has 1 aromatic carbocycles. The average Bonchev–Trinajstić information content (AvgIpc) is 2.27. The summed E-state index contributed by atoms with van der Waals surface area (Å²) in [4.78, 5) is 0. The van der Waals surface area contributed by atoms with Gasteiger partial charge >= 0.3 is 0 Å². The molecule has 0 aliphatic heterocycles. The maximum Gasteiger partial charge on any atom is 0.0833 e. The molecule has 0 saturated heterocycles. The van der Waals surface area contributed by atoms with E-state index < -0.39 is 6.10 Å². The van der Waals surface area contributed by atoms with Gasteiger partial charge in [-0.3, -0.25) is 0 Å². The van der Waals surface area contributed by atoms with Gasteiger partial charge in [0.15, 0.2) is 0 Å².